The van der Waals surface area contributed by atoms with Gasteiger partial charge in [-0.3, -0.25) is 4.79 Å². The van der Waals surface area contributed by atoms with E-state index in [0.29, 0.717) is 6.42 Å². The summed E-state index contributed by atoms with van der Waals surface area (Å²) < 4.78 is 0. The maximum Gasteiger partial charge on any atom is 0.326 e. The van der Waals surface area contributed by atoms with Crippen LogP contribution in [0.5, 0.6) is 0 Å². The summed E-state index contributed by atoms with van der Waals surface area (Å²) in [5, 5.41) is 11.0. The Morgan fingerprint density at radius 3 is 2.38 bits per heavy atom. The first-order valence-corrected chi connectivity index (χ1v) is 4.96. The Morgan fingerprint density at radius 1 is 1.54 bits per heavy atom. The van der Waals surface area contributed by atoms with Gasteiger partial charge < -0.3 is 10.4 Å². The molecule has 0 fully saturated rings. The molecule has 0 aliphatic carbocycles. The number of carboxylic acid groups (broad SMARTS) is 1. The van der Waals surface area contributed by atoms with E-state index in [9.17, 15) is 9.59 Å². The van der Waals surface area contributed by atoms with Crippen LogP contribution in [0.4, 0.5) is 0 Å². The fourth-order valence-electron chi connectivity index (χ4n) is 0.738. The number of nitrogens with one attached hydrogen (secondary N) is 1. The number of amides is 1. The average Bonchev–Trinajstić information content (AvgIpc) is 1.96. The molecule has 0 aromatic rings. The van der Waals surface area contributed by atoms with Gasteiger partial charge in [0.05, 0.1) is 0 Å². The van der Waals surface area contributed by atoms with Crippen molar-refractivity contribution in [1.82, 2.24) is 5.32 Å². The summed E-state index contributed by atoms with van der Waals surface area (Å²) in [4.78, 5) is 21.1. The van der Waals surface area contributed by atoms with Crippen LogP contribution in [0.1, 0.15) is 13.3 Å². The number of carbonyl (C=O) groups is 2. The molecule has 0 aliphatic heterocycles. The summed E-state index contributed by atoms with van der Waals surface area (Å²) in [6, 6.07) is -0.741. The molecule has 2 N–H and O–H groups in total. The van der Waals surface area contributed by atoms with Crippen LogP contribution in [-0.2, 0) is 9.59 Å². The Bertz CT molecular complexity index is 177. The fraction of sp³-hybridized carbons (Fsp3) is 0.714. The standard InChI is InChI=1S/C7H13NO3S.Se/c1-5(9)8-6(7(10)11)3-4-12-2;/h6H,3-4H2,1-2H3,(H,8,9)(H,10,11);/t6-;/m0./s1. The van der Waals surface area contributed by atoms with E-state index in [-0.39, 0.29) is 23.0 Å². The van der Waals surface area contributed by atoms with E-state index in [4.69, 9.17) is 5.11 Å². The summed E-state index contributed by atoms with van der Waals surface area (Å²) in [5.41, 5.74) is 0. The molecule has 0 aromatic heterocycles. The molecule has 0 aliphatic rings. The minimum atomic E-state index is -0.973. The molecule has 76 valence electrons. The smallest absolute Gasteiger partial charge is 0.326 e. The molecule has 0 spiro atoms. The molecule has 2 radical (unpaired) electrons. The molecule has 0 saturated carbocycles. The van der Waals surface area contributed by atoms with E-state index in [0.717, 1.165) is 5.75 Å². The zero-order valence-electron chi connectivity index (χ0n) is 7.57. The summed E-state index contributed by atoms with van der Waals surface area (Å²) in [6.07, 6.45) is 2.36. The predicted octanol–water partition coefficient (Wildman–Crippen LogP) is -0.0520. The van der Waals surface area contributed by atoms with Crippen LogP contribution in [0.2, 0.25) is 0 Å². The summed E-state index contributed by atoms with van der Waals surface area (Å²) in [5.74, 6) is -0.542. The van der Waals surface area contributed by atoms with Crippen molar-refractivity contribution in [2.24, 2.45) is 0 Å². The van der Waals surface area contributed by atoms with Gasteiger partial charge in [-0.15, -0.1) is 0 Å². The third kappa shape index (κ3) is 8.15. The van der Waals surface area contributed by atoms with Gasteiger partial charge in [-0.1, -0.05) is 0 Å². The summed E-state index contributed by atoms with van der Waals surface area (Å²) in [7, 11) is 0. The van der Waals surface area contributed by atoms with Crippen LogP contribution in [0.15, 0.2) is 0 Å². The van der Waals surface area contributed by atoms with E-state index in [1.165, 1.54) is 6.92 Å². The third-order valence-electron chi connectivity index (χ3n) is 1.29. The maximum atomic E-state index is 10.5. The molecule has 1 atom stereocenters. The molecule has 13 heavy (non-hydrogen) atoms. The molecule has 0 saturated heterocycles. The van der Waals surface area contributed by atoms with Crippen molar-refractivity contribution in [2.45, 2.75) is 19.4 Å². The van der Waals surface area contributed by atoms with Gasteiger partial charge in [0.25, 0.3) is 0 Å². The summed E-state index contributed by atoms with van der Waals surface area (Å²) in [6.45, 7) is 1.31. The van der Waals surface area contributed by atoms with Gasteiger partial charge in [-0.05, 0) is 18.4 Å². The van der Waals surface area contributed by atoms with Gasteiger partial charge >= 0.3 is 5.97 Å². The Morgan fingerprint density at radius 2 is 2.08 bits per heavy atom. The van der Waals surface area contributed by atoms with E-state index >= 15 is 0 Å². The van der Waals surface area contributed by atoms with Gasteiger partial charge in [-0.25, -0.2) is 4.79 Å². The molecule has 0 aromatic carbocycles. The topological polar surface area (TPSA) is 66.4 Å². The van der Waals surface area contributed by atoms with Crippen LogP contribution in [-0.4, -0.2) is 52.1 Å². The van der Waals surface area contributed by atoms with Crippen molar-refractivity contribution in [2.75, 3.05) is 12.0 Å². The van der Waals surface area contributed by atoms with E-state index in [1.807, 2.05) is 6.26 Å². The van der Waals surface area contributed by atoms with E-state index in [1.54, 1.807) is 11.8 Å². The van der Waals surface area contributed by atoms with Crippen molar-refractivity contribution < 1.29 is 14.7 Å². The molecule has 0 unspecified atom stereocenters. The second-order valence-corrected chi connectivity index (χ2v) is 3.36. The SMILES string of the molecule is CSCC[C@H](NC(C)=O)C(=O)O.[Se]. The zero-order chi connectivity index (χ0) is 9.56. The monoisotopic (exact) mass is 271 g/mol. The number of aliphatic carboxylic acids is 1. The average molecular weight is 270 g/mol. The van der Waals surface area contributed by atoms with Crippen molar-refractivity contribution in [1.29, 1.82) is 0 Å². The molecule has 6 heteroatoms. The first kappa shape index (κ1) is 15.3. The normalized spacial score (nSPS) is 11.2. The zero-order valence-corrected chi connectivity index (χ0v) is 10.1. The largest absolute Gasteiger partial charge is 0.480 e. The molecule has 0 bridgehead atoms. The number of hydrogen-bond donors (Lipinski definition) is 2. The fourth-order valence-corrected chi connectivity index (χ4v) is 1.21. The van der Waals surface area contributed by atoms with Crippen molar-refractivity contribution in [3.05, 3.63) is 0 Å². The second kappa shape index (κ2) is 8.41. The number of thioether (sulfide) groups is 1. The molecular weight excluding hydrogens is 257 g/mol. The molecule has 4 nitrogen and oxygen atoms in total. The third-order valence-corrected chi connectivity index (χ3v) is 1.93. The second-order valence-electron chi connectivity index (χ2n) is 2.37. The van der Waals surface area contributed by atoms with E-state index in [2.05, 4.69) is 5.32 Å². The number of carboxylic acids is 1. The Balaban J connectivity index is 0. The van der Waals surface area contributed by atoms with Gasteiger partial charge in [0, 0.05) is 24.0 Å². The van der Waals surface area contributed by atoms with Crippen LogP contribution in [0, 0.1) is 0 Å². The first-order chi connectivity index (χ1) is 5.57. The van der Waals surface area contributed by atoms with Crippen molar-refractivity contribution >= 4 is 40.7 Å². The van der Waals surface area contributed by atoms with Crippen molar-refractivity contribution in [3.63, 3.8) is 0 Å². The number of rotatable bonds is 5. The van der Waals surface area contributed by atoms with E-state index < -0.39 is 12.0 Å². The van der Waals surface area contributed by atoms with Crippen LogP contribution >= 0.6 is 11.8 Å². The first-order valence-electron chi connectivity index (χ1n) is 3.56. The summed E-state index contributed by atoms with van der Waals surface area (Å²) >= 11 is 1.56. The van der Waals surface area contributed by atoms with Gasteiger partial charge in [0.15, 0.2) is 0 Å². The predicted molar refractivity (Wildman–Crippen MR) is 54.0 cm³/mol. The number of carbonyl (C=O) groups excluding carboxylic acids is 1. The maximum absolute atomic E-state index is 10.5. The number of hydrogen-bond acceptors (Lipinski definition) is 3. The quantitative estimate of drug-likeness (QED) is 0.687. The van der Waals surface area contributed by atoms with Crippen LogP contribution in [0.3, 0.4) is 0 Å². The van der Waals surface area contributed by atoms with Crippen LogP contribution in [0.25, 0.3) is 0 Å². The van der Waals surface area contributed by atoms with Crippen LogP contribution < -0.4 is 5.32 Å². The Kier molecular flexibility index (Phi) is 9.89. The minimum absolute atomic E-state index is 0. The molecule has 0 rings (SSSR count). The Labute approximate surface area is 92.3 Å². The van der Waals surface area contributed by atoms with Crippen molar-refractivity contribution in [3.8, 4) is 0 Å². The molecule has 1 amide bonds. The molecular formula is C7H13NO3SSe. The Hall–Kier alpha value is -0.191. The minimum Gasteiger partial charge on any atom is -0.480 e. The van der Waals surface area contributed by atoms with Gasteiger partial charge in [0.2, 0.25) is 5.91 Å². The van der Waals surface area contributed by atoms with Gasteiger partial charge in [0.1, 0.15) is 6.04 Å². The molecule has 0 heterocycles. The van der Waals surface area contributed by atoms with Gasteiger partial charge in [-0.2, -0.15) is 11.8 Å².